The first kappa shape index (κ1) is 27.0. The number of hydrogen-bond acceptors (Lipinski definition) is 7. The summed E-state index contributed by atoms with van der Waals surface area (Å²) in [7, 11) is 1.51. The predicted octanol–water partition coefficient (Wildman–Crippen LogP) is 6.44. The molecule has 1 aromatic heterocycles. The minimum Gasteiger partial charge on any atom is -0.493 e. The molecule has 0 fully saturated rings. The average Bonchev–Trinajstić information content (AvgIpc) is 3.14. The molecule has 0 saturated carbocycles. The maximum Gasteiger partial charge on any atom is 0.341 e. The molecule has 7 nitrogen and oxygen atoms in total. The first-order valence-electron chi connectivity index (χ1n) is 11.0. The van der Waals surface area contributed by atoms with Crippen LogP contribution >= 0.6 is 27.3 Å². The second kappa shape index (κ2) is 12.4. The Bertz CT molecular complexity index is 1340. The van der Waals surface area contributed by atoms with Crippen LogP contribution in [0.25, 0.3) is 6.08 Å². The molecule has 0 saturated heterocycles. The summed E-state index contributed by atoms with van der Waals surface area (Å²) in [5, 5.41) is 12.7. The van der Waals surface area contributed by atoms with E-state index < -0.39 is 11.9 Å². The number of rotatable bonds is 9. The first-order chi connectivity index (χ1) is 17.3. The maximum absolute atomic E-state index is 13.0. The zero-order valence-corrected chi connectivity index (χ0v) is 22.7. The van der Waals surface area contributed by atoms with Gasteiger partial charge in [0, 0.05) is 4.88 Å². The summed E-state index contributed by atoms with van der Waals surface area (Å²) in [5.41, 5.74) is 2.45. The van der Waals surface area contributed by atoms with E-state index in [-0.39, 0.29) is 12.2 Å². The summed E-state index contributed by atoms with van der Waals surface area (Å²) in [6, 6.07) is 15.1. The smallest absolute Gasteiger partial charge is 0.341 e. The number of ether oxygens (including phenoxy) is 3. The van der Waals surface area contributed by atoms with Crippen LogP contribution < -0.4 is 14.8 Å². The summed E-state index contributed by atoms with van der Waals surface area (Å²) in [6.45, 7) is 5.92. The third kappa shape index (κ3) is 6.33. The van der Waals surface area contributed by atoms with Gasteiger partial charge in [0.15, 0.2) is 11.5 Å². The topological polar surface area (TPSA) is 97.7 Å². The highest BCUT2D eigenvalue weighted by Gasteiger charge is 2.23. The minimum atomic E-state index is -0.635. The monoisotopic (exact) mass is 568 g/mol. The van der Waals surface area contributed by atoms with Crippen LogP contribution in [0.5, 0.6) is 11.5 Å². The largest absolute Gasteiger partial charge is 0.493 e. The van der Waals surface area contributed by atoms with Crippen molar-refractivity contribution in [1.82, 2.24) is 0 Å². The zero-order valence-electron chi connectivity index (χ0n) is 20.3. The van der Waals surface area contributed by atoms with Crippen molar-refractivity contribution < 1.29 is 23.8 Å². The van der Waals surface area contributed by atoms with Crippen LogP contribution in [0.2, 0.25) is 0 Å². The molecule has 0 atom stereocenters. The molecule has 0 radical (unpaired) electrons. The molecule has 0 unspecified atom stereocenters. The quantitative estimate of drug-likeness (QED) is 0.181. The van der Waals surface area contributed by atoms with Crippen molar-refractivity contribution in [3.63, 3.8) is 0 Å². The summed E-state index contributed by atoms with van der Waals surface area (Å²) in [6.07, 6.45) is 1.45. The molecule has 1 amide bonds. The van der Waals surface area contributed by atoms with Crippen LogP contribution in [-0.4, -0.2) is 25.6 Å². The standard InChI is InChI=1S/C27H25BrN2O5S/c1-5-34-27(32)23-16(2)17(3)36-26(23)30-25(31)20(14-29)11-19-12-21(28)24(22(13-19)33-4)35-15-18-9-7-6-8-10-18/h6-13H,5,15H2,1-4H3,(H,30,31)/b20-11+. The normalized spacial score (nSPS) is 10.9. The highest BCUT2D eigenvalue weighted by molar-refractivity contribution is 9.10. The molecule has 1 N–H and O–H groups in total. The minimum absolute atomic E-state index is 0.138. The van der Waals surface area contributed by atoms with Gasteiger partial charge in [-0.2, -0.15) is 5.26 Å². The maximum atomic E-state index is 13.0. The Morgan fingerprint density at radius 1 is 1.19 bits per heavy atom. The lowest BCUT2D eigenvalue weighted by atomic mass is 10.1. The van der Waals surface area contributed by atoms with E-state index in [0.717, 1.165) is 16.0 Å². The van der Waals surface area contributed by atoms with Crippen molar-refractivity contribution in [2.24, 2.45) is 0 Å². The van der Waals surface area contributed by atoms with Crippen LogP contribution in [0.4, 0.5) is 5.00 Å². The van der Waals surface area contributed by atoms with Crippen molar-refractivity contribution >= 4 is 50.2 Å². The van der Waals surface area contributed by atoms with Gasteiger partial charge >= 0.3 is 5.97 Å². The van der Waals surface area contributed by atoms with E-state index in [9.17, 15) is 14.9 Å². The van der Waals surface area contributed by atoms with E-state index in [0.29, 0.717) is 38.7 Å². The molecular formula is C27H25BrN2O5S. The third-order valence-electron chi connectivity index (χ3n) is 5.25. The van der Waals surface area contributed by atoms with Gasteiger partial charge in [-0.05, 0) is 71.6 Å². The highest BCUT2D eigenvalue weighted by Crippen LogP contribution is 2.38. The molecule has 9 heteroatoms. The number of nitriles is 1. The Kier molecular flexibility index (Phi) is 9.28. The number of methoxy groups -OCH3 is 1. The van der Waals surface area contributed by atoms with Gasteiger partial charge in [0.25, 0.3) is 5.91 Å². The summed E-state index contributed by atoms with van der Waals surface area (Å²) in [4.78, 5) is 26.2. The fourth-order valence-electron chi connectivity index (χ4n) is 3.34. The van der Waals surface area contributed by atoms with Crippen LogP contribution in [0.3, 0.4) is 0 Å². The van der Waals surface area contributed by atoms with Gasteiger partial charge in [0.1, 0.15) is 23.3 Å². The van der Waals surface area contributed by atoms with Crippen LogP contribution in [-0.2, 0) is 16.1 Å². The highest BCUT2D eigenvalue weighted by atomic mass is 79.9. The number of carbonyl (C=O) groups is 2. The molecule has 1 heterocycles. The fraction of sp³-hybridized carbons (Fsp3) is 0.222. The first-order valence-corrected chi connectivity index (χ1v) is 12.6. The molecule has 0 bridgehead atoms. The molecule has 3 aromatic rings. The zero-order chi connectivity index (χ0) is 26.2. The van der Waals surface area contributed by atoms with Gasteiger partial charge in [-0.25, -0.2) is 4.79 Å². The SMILES string of the molecule is CCOC(=O)c1c(NC(=O)/C(C#N)=C/c2cc(Br)c(OCc3ccccc3)c(OC)c2)sc(C)c1C. The molecule has 36 heavy (non-hydrogen) atoms. The van der Waals surface area contributed by atoms with Gasteiger partial charge in [-0.15, -0.1) is 11.3 Å². The summed E-state index contributed by atoms with van der Waals surface area (Å²) in [5.74, 6) is -0.205. The summed E-state index contributed by atoms with van der Waals surface area (Å²) >= 11 is 4.76. The lowest BCUT2D eigenvalue weighted by molar-refractivity contribution is -0.112. The number of thiophene rings is 1. The van der Waals surface area contributed by atoms with Crippen molar-refractivity contribution in [1.29, 1.82) is 5.26 Å². The van der Waals surface area contributed by atoms with E-state index in [1.54, 1.807) is 26.0 Å². The van der Waals surface area contributed by atoms with E-state index in [4.69, 9.17) is 14.2 Å². The van der Waals surface area contributed by atoms with Crippen molar-refractivity contribution in [3.8, 4) is 17.6 Å². The number of benzene rings is 2. The van der Waals surface area contributed by atoms with Crippen molar-refractivity contribution in [2.45, 2.75) is 27.4 Å². The number of carbonyl (C=O) groups excluding carboxylic acids is 2. The lowest BCUT2D eigenvalue weighted by Crippen LogP contribution is -2.16. The molecule has 0 aliphatic heterocycles. The summed E-state index contributed by atoms with van der Waals surface area (Å²) < 4.78 is 17.2. The lowest BCUT2D eigenvalue weighted by Gasteiger charge is -2.14. The third-order valence-corrected chi connectivity index (χ3v) is 6.96. The number of amides is 1. The average molecular weight is 569 g/mol. The number of anilines is 1. The number of halogens is 1. The number of aryl methyl sites for hydroxylation is 1. The molecule has 3 rings (SSSR count). The van der Waals surface area contributed by atoms with E-state index in [2.05, 4.69) is 21.2 Å². The Hall–Kier alpha value is -3.61. The van der Waals surface area contributed by atoms with E-state index >= 15 is 0 Å². The Morgan fingerprint density at radius 2 is 1.92 bits per heavy atom. The molecule has 0 aliphatic carbocycles. The van der Waals surface area contributed by atoms with Gasteiger partial charge in [-0.3, -0.25) is 4.79 Å². The second-order valence-corrected chi connectivity index (χ2v) is 9.72. The molecule has 0 spiro atoms. The molecule has 0 aliphatic rings. The second-order valence-electron chi connectivity index (χ2n) is 7.64. The van der Waals surface area contributed by atoms with E-state index in [1.807, 2.05) is 43.3 Å². The number of hydrogen-bond donors (Lipinski definition) is 1. The van der Waals surface area contributed by atoms with Gasteiger partial charge in [-0.1, -0.05) is 30.3 Å². The number of nitrogens with zero attached hydrogens (tertiary/aromatic N) is 1. The predicted molar refractivity (Wildman–Crippen MR) is 143 cm³/mol. The van der Waals surface area contributed by atoms with Crippen LogP contribution in [0, 0.1) is 25.2 Å². The van der Waals surface area contributed by atoms with E-state index in [1.165, 1.54) is 24.5 Å². The van der Waals surface area contributed by atoms with Gasteiger partial charge < -0.3 is 19.5 Å². The van der Waals surface area contributed by atoms with Crippen LogP contribution in [0.1, 0.15) is 38.8 Å². The van der Waals surface area contributed by atoms with Crippen molar-refractivity contribution in [3.05, 3.63) is 79.6 Å². The number of esters is 1. The van der Waals surface area contributed by atoms with Crippen molar-refractivity contribution in [2.75, 3.05) is 19.0 Å². The fourth-order valence-corrected chi connectivity index (χ4v) is 4.96. The molecule has 186 valence electrons. The number of nitrogens with one attached hydrogen (secondary N) is 1. The molecular weight excluding hydrogens is 544 g/mol. The molecule has 2 aromatic carbocycles. The van der Waals surface area contributed by atoms with Gasteiger partial charge in [0.2, 0.25) is 0 Å². The van der Waals surface area contributed by atoms with Gasteiger partial charge in [0.05, 0.1) is 23.8 Å². The Balaban J connectivity index is 1.86. The Labute approximate surface area is 222 Å². The van der Waals surface area contributed by atoms with Crippen LogP contribution in [0.15, 0.2) is 52.5 Å². The Morgan fingerprint density at radius 3 is 2.56 bits per heavy atom.